The summed E-state index contributed by atoms with van der Waals surface area (Å²) in [4.78, 5) is 34.4. The molecule has 2 N–H and O–H groups in total. The molecule has 180 valence electrons. The predicted molar refractivity (Wildman–Crippen MR) is 142 cm³/mol. The molecule has 0 radical (unpaired) electrons. The van der Waals surface area contributed by atoms with E-state index in [0.717, 1.165) is 21.7 Å². The minimum atomic E-state index is -0.884. The summed E-state index contributed by atoms with van der Waals surface area (Å²) in [5, 5.41) is 22.0. The molecule has 0 spiro atoms. The summed E-state index contributed by atoms with van der Waals surface area (Å²) in [5.74, 6) is -1.28. The van der Waals surface area contributed by atoms with Crippen molar-refractivity contribution < 1.29 is 14.7 Å². The van der Waals surface area contributed by atoms with Gasteiger partial charge in [0, 0.05) is 21.4 Å². The standard InChI is InChI=1S/C25H20N6O3S2/c1-14-15(2)36-24(26-14)29-28-22-21(18-6-4-3-5-7-18)30-31(23(22)34)25-27-19(13-35-25)17-10-8-16(9-11-17)12-20(32)33/h3-11,13H,12H2,1-2H3,(H,26,29)(H,32,33)/b28-22-. The number of rotatable bonds is 7. The van der Waals surface area contributed by atoms with Crippen molar-refractivity contribution in [3.05, 3.63) is 81.7 Å². The van der Waals surface area contributed by atoms with E-state index in [-0.39, 0.29) is 12.1 Å². The molecule has 1 amide bonds. The third-order valence-electron chi connectivity index (χ3n) is 5.44. The number of thiazole rings is 2. The van der Waals surface area contributed by atoms with Crippen LogP contribution in [-0.2, 0) is 16.0 Å². The Balaban J connectivity index is 1.45. The fourth-order valence-corrected chi connectivity index (χ4v) is 5.04. The summed E-state index contributed by atoms with van der Waals surface area (Å²) < 4.78 is 0. The summed E-state index contributed by atoms with van der Waals surface area (Å²) in [7, 11) is 0. The number of carbonyl (C=O) groups is 2. The lowest BCUT2D eigenvalue weighted by Crippen LogP contribution is -2.28. The first kappa shape index (κ1) is 23.5. The molecule has 2 aromatic carbocycles. The lowest BCUT2D eigenvalue weighted by atomic mass is 10.1. The van der Waals surface area contributed by atoms with Crippen LogP contribution in [0.3, 0.4) is 0 Å². The Hall–Kier alpha value is -4.22. The number of carboxylic acids is 1. The number of amides is 1. The first-order valence-corrected chi connectivity index (χ1v) is 12.6. The average molecular weight is 517 g/mol. The maximum absolute atomic E-state index is 13.4. The van der Waals surface area contributed by atoms with Crippen molar-refractivity contribution in [1.82, 2.24) is 9.97 Å². The van der Waals surface area contributed by atoms with Crippen LogP contribution in [0.5, 0.6) is 0 Å². The van der Waals surface area contributed by atoms with Crippen molar-refractivity contribution in [2.45, 2.75) is 20.3 Å². The Kier molecular flexibility index (Phi) is 6.40. The predicted octanol–water partition coefficient (Wildman–Crippen LogP) is 4.73. The molecule has 1 aliphatic heterocycles. The van der Waals surface area contributed by atoms with Crippen LogP contribution in [0.25, 0.3) is 11.3 Å². The van der Waals surface area contributed by atoms with Gasteiger partial charge in [0.1, 0.15) is 5.71 Å². The van der Waals surface area contributed by atoms with Gasteiger partial charge in [-0.1, -0.05) is 54.6 Å². The van der Waals surface area contributed by atoms with Gasteiger partial charge in [-0.2, -0.15) is 15.2 Å². The van der Waals surface area contributed by atoms with Gasteiger partial charge < -0.3 is 5.11 Å². The quantitative estimate of drug-likeness (QED) is 0.343. The number of carbonyl (C=O) groups excluding carboxylic acids is 1. The monoisotopic (exact) mass is 516 g/mol. The summed E-state index contributed by atoms with van der Waals surface area (Å²) in [6.45, 7) is 3.90. The van der Waals surface area contributed by atoms with Crippen LogP contribution in [0.2, 0.25) is 0 Å². The molecule has 0 atom stereocenters. The normalized spacial score (nSPS) is 14.4. The van der Waals surface area contributed by atoms with Gasteiger partial charge in [0.05, 0.1) is 17.8 Å². The molecule has 0 fully saturated rings. The number of nitrogens with one attached hydrogen (secondary N) is 1. The zero-order chi connectivity index (χ0) is 25.2. The molecule has 0 bridgehead atoms. The van der Waals surface area contributed by atoms with Gasteiger partial charge in [-0.15, -0.1) is 22.7 Å². The lowest BCUT2D eigenvalue weighted by molar-refractivity contribution is -0.136. The van der Waals surface area contributed by atoms with Gasteiger partial charge in [0.15, 0.2) is 5.71 Å². The van der Waals surface area contributed by atoms with Gasteiger partial charge in [0.2, 0.25) is 10.3 Å². The first-order valence-electron chi connectivity index (χ1n) is 10.9. The Labute approximate surface area is 214 Å². The number of nitrogens with zero attached hydrogens (tertiary/aromatic N) is 5. The summed E-state index contributed by atoms with van der Waals surface area (Å²) in [5.41, 5.74) is 7.36. The zero-order valence-corrected chi connectivity index (χ0v) is 20.9. The number of benzene rings is 2. The molecule has 0 aliphatic carbocycles. The Bertz CT molecular complexity index is 1490. The fraction of sp³-hybridized carbons (Fsp3) is 0.120. The van der Waals surface area contributed by atoms with Gasteiger partial charge in [-0.25, -0.2) is 9.97 Å². The van der Waals surface area contributed by atoms with E-state index in [9.17, 15) is 9.59 Å². The number of aliphatic carboxylic acids is 1. The molecular weight excluding hydrogens is 496 g/mol. The van der Waals surface area contributed by atoms with Gasteiger partial charge >= 0.3 is 11.9 Å². The average Bonchev–Trinajstić information content (AvgIpc) is 3.56. The fourth-order valence-electron chi connectivity index (χ4n) is 3.50. The van der Waals surface area contributed by atoms with Crippen LogP contribution in [0, 0.1) is 13.8 Å². The zero-order valence-electron chi connectivity index (χ0n) is 19.3. The van der Waals surface area contributed by atoms with Crippen molar-refractivity contribution in [2.24, 2.45) is 10.2 Å². The first-order chi connectivity index (χ1) is 17.4. The highest BCUT2D eigenvalue weighted by atomic mass is 32.1. The van der Waals surface area contributed by atoms with Crippen molar-refractivity contribution in [3.8, 4) is 11.3 Å². The topological polar surface area (TPSA) is 120 Å². The van der Waals surface area contributed by atoms with Crippen LogP contribution in [0.15, 0.2) is 70.2 Å². The highest BCUT2D eigenvalue weighted by Crippen LogP contribution is 2.30. The molecule has 5 rings (SSSR count). The van der Waals surface area contributed by atoms with Crippen molar-refractivity contribution in [1.29, 1.82) is 0 Å². The van der Waals surface area contributed by atoms with Crippen molar-refractivity contribution >= 4 is 56.2 Å². The molecule has 11 heteroatoms. The van der Waals surface area contributed by atoms with E-state index < -0.39 is 11.9 Å². The summed E-state index contributed by atoms with van der Waals surface area (Å²) >= 11 is 2.75. The van der Waals surface area contributed by atoms with E-state index in [2.05, 4.69) is 25.6 Å². The molecule has 9 nitrogen and oxygen atoms in total. The maximum atomic E-state index is 13.4. The maximum Gasteiger partial charge on any atom is 0.307 e. The van der Waals surface area contributed by atoms with E-state index in [4.69, 9.17) is 5.11 Å². The van der Waals surface area contributed by atoms with Gasteiger partial charge in [0.25, 0.3) is 0 Å². The number of hydrogen-bond donors (Lipinski definition) is 2. The number of anilines is 2. The molecule has 0 saturated heterocycles. The molecule has 3 heterocycles. The molecule has 36 heavy (non-hydrogen) atoms. The largest absolute Gasteiger partial charge is 0.481 e. The molecule has 0 unspecified atom stereocenters. The SMILES string of the molecule is Cc1nc(N/N=C2\C(=O)N(c3nc(-c4ccc(CC(=O)O)cc4)cs3)N=C2c2ccccc2)sc1C. The van der Waals surface area contributed by atoms with Crippen molar-refractivity contribution in [2.75, 3.05) is 10.4 Å². The highest BCUT2D eigenvalue weighted by molar-refractivity contribution is 7.15. The van der Waals surface area contributed by atoms with Crippen LogP contribution in [0.4, 0.5) is 10.3 Å². The van der Waals surface area contributed by atoms with Crippen LogP contribution >= 0.6 is 22.7 Å². The van der Waals surface area contributed by atoms with Crippen LogP contribution in [-0.4, -0.2) is 38.4 Å². The Morgan fingerprint density at radius 2 is 1.81 bits per heavy atom. The third-order valence-corrected chi connectivity index (χ3v) is 7.23. The molecule has 0 saturated carbocycles. The summed E-state index contributed by atoms with van der Waals surface area (Å²) in [6, 6.07) is 16.5. The molecule has 4 aromatic rings. The number of hydrogen-bond acceptors (Lipinski definition) is 9. The minimum absolute atomic E-state index is 0.0435. The number of carboxylic acid groups (broad SMARTS) is 1. The molecule has 2 aromatic heterocycles. The van der Waals surface area contributed by atoms with E-state index in [1.165, 1.54) is 27.7 Å². The minimum Gasteiger partial charge on any atom is -0.481 e. The Morgan fingerprint density at radius 1 is 1.06 bits per heavy atom. The Morgan fingerprint density at radius 3 is 2.47 bits per heavy atom. The van der Waals surface area contributed by atoms with Gasteiger partial charge in [-0.05, 0) is 19.4 Å². The highest BCUT2D eigenvalue weighted by Gasteiger charge is 2.35. The van der Waals surface area contributed by atoms with E-state index in [0.29, 0.717) is 27.2 Å². The summed E-state index contributed by atoms with van der Waals surface area (Å²) in [6.07, 6.45) is -0.0435. The molecular formula is C25H20N6O3S2. The van der Waals surface area contributed by atoms with Crippen LogP contribution < -0.4 is 10.4 Å². The second kappa shape index (κ2) is 9.80. The molecule has 1 aliphatic rings. The van der Waals surface area contributed by atoms with E-state index >= 15 is 0 Å². The second-order valence-corrected chi connectivity index (χ2v) is 9.99. The second-order valence-electron chi connectivity index (χ2n) is 7.95. The van der Waals surface area contributed by atoms with E-state index in [1.54, 1.807) is 12.1 Å². The lowest BCUT2D eigenvalue weighted by Gasteiger charge is -2.06. The smallest absolute Gasteiger partial charge is 0.307 e. The van der Waals surface area contributed by atoms with Crippen molar-refractivity contribution in [3.63, 3.8) is 0 Å². The number of aromatic nitrogens is 2. The van der Waals surface area contributed by atoms with E-state index in [1.807, 2.05) is 61.7 Å². The van der Waals surface area contributed by atoms with Crippen LogP contribution in [0.1, 0.15) is 21.7 Å². The van der Waals surface area contributed by atoms with Gasteiger partial charge in [-0.3, -0.25) is 15.0 Å². The number of aryl methyl sites for hydroxylation is 2. The number of hydrazone groups is 2. The third kappa shape index (κ3) is 4.79.